The fourth-order valence-electron chi connectivity index (χ4n) is 0.611. The molecule has 0 heterocycles. The largest absolute Gasteiger partial charge is 2.00 e. The van der Waals surface area contributed by atoms with Gasteiger partial charge in [-0.2, -0.15) is 0 Å². The van der Waals surface area contributed by atoms with Crippen LogP contribution in [0.25, 0.3) is 0 Å². The molecule has 3 nitrogen and oxygen atoms in total. The van der Waals surface area contributed by atoms with Gasteiger partial charge in [0, 0.05) is 0 Å². The topological polar surface area (TPSA) is 63.2 Å². The van der Waals surface area contributed by atoms with Crippen molar-refractivity contribution in [3.63, 3.8) is 0 Å². The Morgan fingerprint density at radius 3 is 1.82 bits per heavy atom. The number of rotatable bonds is 1. The quantitative estimate of drug-likeness (QED) is 0.452. The fourth-order valence-corrected chi connectivity index (χ4v) is 1.15. The van der Waals surface area contributed by atoms with Gasteiger partial charge in [-0.1, -0.05) is 30.3 Å². The van der Waals surface area contributed by atoms with E-state index >= 15 is 0 Å². The molecule has 0 atom stereocenters. The normalized spacial score (nSPS) is 10.4. The second-order valence-corrected chi connectivity index (χ2v) is 3.34. The molecule has 0 aliphatic heterocycles. The maximum Gasteiger partial charge on any atom is 2.00 e. The minimum absolute atomic E-state index is 0. The van der Waals surface area contributed by atoms with Crippen LogP contribution in [0.15, 0.2) is 30.3 Å². The maximum atomic E-state index is 10.3. The van der Waals surface area contributed by atoms with E-state index in [1.807, 2.05) is 0 Å². The Balaban J connectivity index is 0.000001000. The van der Waals surface area contributed by atoms with Crippen LogP contribution in [-0.2, 0) is 21.6 Å². The number of hydrogen-bond acceptors (Lipinski definition) is 3. The van der Waals surface area contributed by atoms with E-state index < -0.39 is 7.60 Å². The van der Waals surface area contributed by atoms with Crippen LogP contribution in [0.1, 0.15) is 0 Å². The zero-order chi connectivity index (χ0) is 7.61. The Morgan fingerprint density at radius 2 is 1.55 bits per heavy atom. The van der Waals surface area contributed by atoms with Crippen LogP contribution in [0.3, 0.4) is 0 Å². The first-order valence-electron chi connectivity index (χ1n) is 2.68. The van der Waals surface area contributed by atoms with Crippen molar-refractivity contribution in [2.45, 2.75) is 0 Å². The molecular weight excluding hydrogens is 206 g/mol. The summed E-state index contributed by atoms with van der Waals surface area (Å²) in [5, 5.41) is -0.157. The number of hydrogen-bond donors (Lipinski definition) is 0. The first-order chi connectivity index (χ1) is 4.61. The van der Waals surface area contributed by atoms with Gasteiger partial charge in [0.2, 0.25) is 0 Å². The predicted molar refractivity (Wildman–Crippen MR) is 33.7 cm³/mol. The van der Waals surface area contributed by atoms with Crippen molar-refractivity contribution in [1.82, 2.24) is 0 Å². The van der Waals surface area contributed by atoms with Gasteiger partial charge in [0.1, 0.15) is 0 Å². The summed E-state index contributed by atoms with van der Waals surface area (Å²) in [6.45, 7) is 0. The SMILES string of the molecule is O=P([O-])([O-])c1ccccc1.[Mn+2]. The zero-order valence-electron chi connectivity index (χ0n) is 5.44. The van der Waals surface area contributed by atoms with Crippen molar-refractivity contribution in [2.24, 2.45) is 0 Å². The van der Waals surface area contributed by atoms with Gasteiger partial charge in [-0.05, 0) is 12.9 Å². The van der Waals surface area contributed by atoms with E-state index in [0.717, 1.165) is 0 Å². The Morgan fingerprint density at radius 1 is 1.09 bits per heavy atom. The molecule has 0 amide bonds. The molecule has 0 unspecified atom stereocenters. The van der Waals surface area contributed by atoms with Crippen molar-refractivity contribution < 1.29 is 31.4 Å². The van der Waals surface area contributed by atoms with Crippen LogP contribution in [0.2, 0.25) is 0 Å². The Hall–Kier alpha value is -0.111. The van der Waals surface area contributed by atoms with E-state index in [4.69, 9.17) is 0 Å². The summed E-state index contributed by atoms with van der Waals surface area (Å²) in [5.41, 5.74) is 0. The molecule has 0 fully saturated rings. The molecule has 0 bridgehead atoms. The van der Waals surface area contributed by atoms with Crippen LogP contribution in [0.5, 0.6) is 0 Å². The third kappa shape index (κ3) is 3.19. The summed E-state index contributed by atoms with van der Waals surface area (Å²) in [6.07, 6.45) is 0. The van der Waals surface area contributed by atoms with Crippen LogP contribution in [-0.4, -0.2) is 0 Å². The van der Waals surface area contributed by atoms with Crippen LogP contribution >= 0.6 is 7.60 Å². The summed E-state index contributed by atoms with van der Waals surface area (Å²) in [7, 11) is -4.52. The monoisotopic (exact) mass is 211 g/mol. The molecule has 0 aliphatic rings. The smallest absolute Gasteiger partial charge is 0.807 e. The molecule has 0 aromatic heterocycles. The van der Waals surface area contributed by atoms with E-state index in [-0.39, 0.29) is 22.4 Å². The molecule has 59 valence electrons. The van der Waals surface area contributed by atoms with E-state index in [0.29, 0.717) is 0 Å². The molecular formula is C6H5MnO3P. The molecule has 0 aliphatic carbocycles. The third-order valence-electron chi connectivity index (χ3n) is 1.07. The summed E-state index contributed by atoms with van der Waals surface area (Å²) in [5.74, 6) is 0. The van der Waals surface area contributed by atoms with Crippen molar-refractivity contribution in [2.75, 3.05) is 0 Å². The second kappa shape index (κ2) is 4.05. The predicted octanol–water partition coefficient (Wildman–Crippen LogP) is -0.777. The van der Waals surface area contributed by atoms with Gasteiger partial charge in [-0.25, -0.2) is 0 Å². The molecule has 1 radical (unpaired) electrons. The molecule has 5 heteroatoms. The van der Waals surface area contributed by atoms with E-state index in [1.165, 1.54) is 24.3 Å². The van der Waals surface area contributed by atoms with Gasteiger partial charge in [-0.15, -0.1) is 0 Å². The van der Waals surface area contributed by atoms with Crippen molar-refractivity contribution >= 4 is 12.9 Å². The maximum absolute atomic E-state index is 10.3. The van der Waals surface area contributed by atoms with Crippen LogP contribution in [0.4, 0.5) is 0 Å². The zero-order valence-corrected chi connectivity index (χ0v) is 7.51. The molecule has 1 aromatic rings. The van der Waals surface area contributed by atoms with E-state index in [2.05, 4.69) is 0 Å². The van der Waals surface area contributed by atoms with Gasteiger partial charge in [0.05, 0.1) is 0 Å². The molecule has 1 rings (SSSR count). The average Bonchev–Trinajstić information content (AvgIpc) is 1.88. The van der Waals surface area contributed by atoms with Crippen LogP contribution in [0, 0.1) is 0 Å². The molecule has 0 saturated heterocycles. The standard InChI is InChI=1S/C6H7O3P.Mn/c7-10(8,9)6-4-2-1-3-5-6;/h1-5H,(H2,7,8,9);/q;+2/p-2. The Bertz CT molecular complexity index is 256. The van der Waals surface area contributed by atoms with Crippen molar-refractivity contribution in [3.8, 4) is 0 Å². The minimum Gasteiger partial charge on any atom is -0.807 e. The second-order valence-electron chi connectivity index (χ2n) is 1.83. The van der Waals surface area contributed by atoms with Gasteiger partial charge in [0.15, 0.2) is 0 Å². The van der Waals surface area contributed by atoms with Gasteiger partial charge < -0.3 is 14.4 Å². The Kier molecular flexibility index (Phi) is 4.01. The molecule has 1 aromatic carbocycles. The average molecular weight is 211 g/mol. The van der Waals surface area contributed by atoms with Crippen LogP contribution < -0.4 is 15.1 Å². The summed E-state index contributed by atoms with van der Waals surface area (Å²) in [6, 6.07) is 7.23. The van der Waals surface area contributed by atoms with Gasteiger partial charge in [0.25, 0.3) is 0 Å². The number of benzene rings is 1. The summed E-state index contributed by atoms with van der Waals surface area (Å²) >= 11 is 0. The third-order valence-corrected chi connectivity index (χ3v) is 2.00. The fraction of sp³-hybridized carbons (Fsp3) is 0. The van der Waals surface area contributed by atoms with Gasteiger partial charge >= 0.3 is 17.1 Å². The van der Waals surface area contributed by atoms with Gasteiger partial charge in [-0.3, -0.25) is 0 Å². The van der Waals surface area contributed by atoms with Crippen molar-refractivity contribution in [3.05, 3.63) is 30.3 Å². The van der Waals surface area contributed by atoms with E-state index in [1.54, 1.807) is 6.07 Å². The molecule has 0 spiro atoms. The van der Waals surface area contributed by atoms with E-state index in [9.17, 15) is 14.4 Å². The summed E-state index contributed by atoms with van der Waals surface area (Å²) in [4.78, 5) is 20.6. The summed E-state index contributed by atoms with van der Waals surface area (Å²) < 4.78 is 10.3. The minimum atomic E-state index is -4.52. The molecule has 0 N–H and O–H groups in total. The molecule has 0 saturated carbocycles. The first kappa shape index (κ1) is 10.9. The Labute approximate surface area is 75.1 Å². The molecule has 11 heavy (non-hydrogen) atoms. The van der Waals surface area contributed by atoms with Crippen molar-refractivity contribution in [1.29, 1.82) is 0 Å². The first-order valence-corrected chi connectivity index (χ1v) is 4.22.